The number of amides is 1. The van der Waals surface area contributed by atoms with Crippen molar-refractivity contribution in [3.63, 3.8) is 0 Å². The summed E-state index contributed by atoms with van der Waals surface area (Å²) in [6.45, 7) is 0.851. The molecule has 0 fully saturated rings. The molecule has 2 aromatic rings. The van der Waals surface area contributed by atoms with Crippen LogP contribution < -0.4 is 14.8 Å². The Morgan fingerprint density at radius 1 is 0.917 bits per heavy atom. The second-order valence-electron chi connectivity index (χ2n) is 5.27. The molecule has 1 amide bonds. The largest absolute Gasteiger partial charge is 0.497 e. The summed E-state index contributed by atoms with van der Waals surface area (Å²) in [6, 6.07) is 15.5. The third kappa shape index (κ3) is 5.83. The monoisotopic (exact) mass is 329 g/mol. The number of alkyl carbamates (subject to hydrolysis) is 1. The van der Waals surface area contributed by atoms with Crippen LogP contribution in [0.2, 0.25) is 0 Å². The number of ether oxygens (including phenoxy) is 3. The fourth-order valence-electron chi connectivity index (χ4n) is 2.28. The van der Waals surface area contributed by atoms with Crippen molar-refractivity contribution in [1.29, 1.82) is 0 Å². The first kappa shape index (κ1) is 17.7. The molecular weight excluding hydrogens is 306 g/mol. The number of hydrogen-bond acceptors (Lipinski definition) is 4. The number of hydrogen-bond donors (Lipinski definition) is 1. The summed E-state index contributed by atoms with van der Waals surface area (Å²) in [4.78, 5) is 11.7. The molecule has 0 unspecified atom stereocenters. The molecule has 0 saturated heterocycles. The number of carbonyl (C=O) groups is 1. The van der Waals surface area contributed by atoms with Gasteiger partial charge in [-0.15, -0.1) is 0 Å². The standard InChI is InChI=1S/C19H23NO4/c1-22-17-7-3-5-15(13-17)9-11-20-19(21)24-12-10-16-6-4-8-18(14-16)23-2/h3-8,13-14H,9-12H2,1-2H3,(H,20,21). The summed E-state index contributed by atoms with van der Waals surface area (Å²) in [5.41, 5.74) is 2.17. The van der Waals surface area contributed by atoms with E-state index < -0.39 is 6.09 Å². The summed E-state index contributed by atoms with van der Waals surface area (Å²) in [5.74, 6) is 1.61. The van der Waals surface area contributed by atoms with Crippen molar-refractivity contribution in [1.82, 2.24) is 5.32 Å². The second kappa shape index (κ2) is 9.45. The maximum absolute atomic E-state index is 11.7. The molecule has 0 spiro atoms. The average Bonchev–Trinajstić information content (AvgIpc) is 2.62. The molecule has 5 nitrogen and oxygen atoms in total. The van der Waals surface area contributed by atoms with Crippen LogP contribution in [0.4, 0.5) is 4.79 Å². The number of benzene rings is 2. The van der Waals surface area contributed by atoms with E-state index in [0.29, 0.717) is 19.6 Å². The number of methoxy groups -OCH3 is 2. The van der Waals surface area contributed by atoms with Crippen LogP contribution in [0.15, 0.2) is 48.5 Å². The third-order valence-electron chi connectivity index (χ3n) is 3.58. The molecular formula is C19H23NO4. The zero-order chi connectivity index (χ0) is 17.2. The summed E-state index contributed by atoms with van der Waals surface area (Å²) in [7, 11) is 3.27. The van der Waals surface area contributed by atoms with Gasteiger partial charge in [0.25, 0.3) is 0 Å². The van der Waals surface area contributed by atoms with Gasteiger partial charge >= 0.3 is 6.09 Å². The van der Waals surface area contributed by atoms with Gasteiger partial charge < -0.3 is 19.5 Å². The zero-order valence-electron chi connectivity index (χ0n) is 14.1. The van der Waals surface area contributed by atoms with Crippen molar-refractivity contribution >= 4 is 6.09 Å². The Morgan fingerprint density at radius 2 is 1.50 bits per heavy atom. The summed E-state index contributed by atoms with van der Waals surface area (Å²) in [6.07, 6.45) is 0.976. The van der Waals surface area contributed by atoms with Crippen LogP contribution in [0, 0.1) is 0 Å². The van der Waals surface area contributed by atoms with Crippen LogP contribution in [0.1, 0.15) is 11.1 Å². The van der Waals surface area contributed by atoms with Crippen molar-refractivity contribution in [3.8, 4) is 11.5 Å². The van der Waals surface area contributed by atoms with E-state index in [1.807, 2.05) is 48.5 Å². The molecule has 0 heterocycles. The Morgan fingerprint density at radius 3 is 2.08 bits per heavy atom. The van der Waals surface area contributed by atoms with Crippen LogP contribution >= 0.6 is 0 Å². The van der Waals surface area contributed by atoms with E-state index in [1.165, 1.54) is 0 Å². The molecule has 0 bridgehead atoms. The minimum absolute atomic E-state index is 0.332. The lowest BCUT2D eigenvalue weighted by atomic mass is 10.1. The van der Waals surface area contributed by atoms with Gasteiger partial charge in [-0.2, -0.15) is 0 Å². The molecule has 2 aromatic carbocycles. The van der Waals surface area contributed by atoms with Gasteiger partial charge in [-0.1, -0.05) is 24.3 Å². The van der Waals surface area contributed by atoms with Crippen LogP contribution in [-0.2, 0) is 17.6 Å². The first-order valence-corrected chi connectivity index (χ1v) is 7.88. The first-order valence-electron chi connectivity index (χ1n) is 7.88. The van der Waals surface area contributed by atoms with E-state index in [4.69, 9.17) is 14.2 Å². The molecule has 128 valence electrons. The third-order valence-corrected chi connectivity index (χ3v) is 3.58. The lowest BCUT2D eigenvalue weighted by molar-refractivity contribution is 0.147. The zero-order valence-corrected chi connectivity index (χ0v) is 14.1. The lowest BCUT2D eigenvalue weighted by Gasteiger charge is -2.08. The smallest absolute Gasteiger partial charge is 0.407 e. The van der Waals surface area contributed by atoms with Gasteiger partial charge in [0.15, 0.2) is 0 Å². The maximum Gasteiger partial charge on any atom is 0.407 e. The Kier molecular flexibility index (Phi) is 6.95. The van der Waals surface area contributed by atoms with E-state index in [9.17, 15) is 4.79 Å². The molecule has 0 aliphatic rings. The molecule has 24 heavy (non-hydrogen) atoms. The highest BCUT2D eigenvalue weighted by Crippen LogP contribution is 2.13. The second-order valence-corrected chi connectivity index (χ2v) is 5.27. The topological polar surface area (TPSA) is 56.8 Å². The van der Waals surface area contributed by atoms with E-state index in [-0.39, 0.29) is 0 Å². The minimum atomic E-state index is -0.402. The van der Waals surface area contributed by atoms with Crippen LogP contribution in [0.5, 0.6) is 11.5 Å². The minimum Gasteiger partial charge on any atom is -0.497 e. The molecule has 0 saturated carbocycles. The van der Waals surface area contributed by atoms with Crippen LogP contribution in [0.25, 0.3) is 0 Å². The van der Waals surface area contributed by atoms with Gasteiger partial charge in [-0.25, -0.2) is 4.79 Å². The average molecular weight is 329 g/mol. The van der Waals surface area contributed by atoms with Gasteiger partial charge in [-0.3, -0.25) is 0 Å². The Bertz CT molecular complexity index is 602. The van der Waals surface area contributed by atoms with Crippen LogP contribution in [0.3, 0.4) is 0 Å². The van der Waals surface area contributed by atoms with Crippen molar-refractivity contribution in [2.24, 2.45) is 0 Å². The molecule has 0 atom stereocenters. The Labute approximate surface area is 142 Å². The Hall–Kier alpha value is -2.69. The van der Waals surface area contributed by atoms with Crippen LogP contribution in [-0.4, -0.2) is 33.5 Å². The number of carbonyl (C=O) groups excluding carboxylic acids is 1. The predicted molar refractivity (Wildman–Crippen MR) is 92.7 cm³/mol. The van der Waals surface area contributed by atoms with E-state index >= 15 is 0 Å². The van der Waals surface area contributed by atoms with E-state index in [0.717, 1.165) is 29.0 Å². The summed E-state index contributed by atoms with van der Waals surface area (Å²) in [5, 5.41) is 2.75. The van der Waals surface area contributed by atoms with Gasteiger partial charge in [0, 0.05) is 13.0 Å². The highest BCUT2D eigenvalue weighted by Gasteiger charge is 2.03. The van der Waals surface area contributed by atoms with Crippen molar-refractivity contribution in [2.45, 2.75) is 12.8 Å². The predicted octanol–water partition coefficient (Wildman–Crippen LogP) is 3.22. The van der Waals surface area contributed by atoms with Gasteiger partial charge in [0.2, 0.25) is 0 Å². The van der Waals surface area contributed by atoms with E-state index in [2.05, 4.69) is 5.32 Å². The molecule has 1 N–H and O–H groups in total. The fraction of sp³-hybridized carbons (Fsp3) is 0.316. The number of nitrogens with one attached hydrogen (secondary N) is 1. The summed E-state index contributed by atoms with van der Waals surface area (Å²) >= 11 is 0. The first-order chi connectivity index (χ1) is 11.7. The van der Waals surface area contributed by atoms with Crippen molar-refractivity contribution < 1.29 is 19.0 Å². The molecule has 2 rings (SSSR count). The Balaban J connectivity index is 1.66. The van der Waals surface area contributed by atoms with Gasteiger partial charge in [0.1, 0.15) is 11.5 Å². The summed E-state index contributed by atoms with van der Waals surface area (Å²) < 4.78 is 15.5. The highest BCUT2D eigenvalue weighted by molar-refractivity contribution is 5.67. The molecule has 0 aliphatic heterocycles. The fourth-order valence-corrected chi connectivity index (χ4v) is 2.28. The molecule has 0 radical (unpaired) electrons. The number of rotatable bonds is 8. The SMILES string of the molecule is COc1cccc(CCNC(=O)OCCc2cccc(OC)c2)c1. The normalized spacial score (nSPS) is 10.1. The molecule has 5 heteroatoms. The van der Waals surface area contributed by atoms with Gasteiger partial charge in [0.05, 0.1) is 20.8 Å². The van der Waals surface area contributed by atoms with Crippen molar-refractivity contribution in [2.75, 3.05) is 27.4 Å². The lowest BCUT2D eigenvalue weighted by Crippen LogP contribution is -2.27. The van der Waals surface area contributed by atoms with E-state index in [1.54, 1.807) is 14.2 Å². The maximum atomic E-state index is 11.7. The highest BCUT2D eigenvalue weighted by atomic mass is 16.5. The van der Waals surface area contributed by atoms with Gasteiger partial charge in [-0.05, 0) is 41.8 Å². The quantitative estimate of drug-likeness (QED) is 0.808. The molecule has 0 aromatic heterocycles. The van der Waals surface area contributed by atoms with Crippen molar-refractivity contribution in [3.05, 3.63) is 59.7 Å². The molecule has 0 aliphatic carbocycles.